The van der Waals surface area contributed by atoms with Crippen LogP contribution in [0.2, 0.25) is 0 Å². The number of ether oxygens (including phenoxy) is 1. The first-order chi connectivity index (χ1) is 15.1. The third kappa shape index (κ3) is 6.77. The Labute approximate surface area is 183 Å². The lowest BCUT2D eigenvalue weighted by atomic mass is 9.93. The summed E-state index contributed by atoms with van der Waals surface area (Å²) in [5.74, 6) is -0.102. The van der Waals surface area contributed by atoms with Gasteiger partial charge in [-0.05, 0) is 62.6 Å². The summed E-state index contributed by atoms with van der Waals surface area (Å²) in [6.07, 6.45) is 7.27. The second-order valence-electron chi connectivity index (χ2n) is 7.88. The average Bonchev–Trinajstić information content (AvgIpc) is 2.78. The Bertz CT molecular complexity index is 883. The standard InChI is InChI=1S/C24H31N3O4/c1-2-31-22-14-10-18(16-26-22)21(24(29)30)13-12-20(28)8-4-3-7-19-11-9-17-6-5-15-25-23(17)27-19/h9-11,14,16,21H,2-8,12-13,15H2,1H3,(H,25,27)(H,29,30)/t21-/m0/s1. The highest BCUT2D eigenvalue weighted by atomic mass is 16.5. The van der Waals surface area contributed by atoms with E-state index in [1.54, 1.807) is 12.1 Å². The minimum absolute atomic E-state index is 0.102. The van der Waals surface area contributed by atoms with Crippen molar-refractivity contribution in [3.8, 4) is 5.88 Å². The molecule has 0 amide bonds. The number of hydrogen-bond donors (Lipinski definition) is 2. The molecule has 0 fully saturated rings. The summed E-state index contributed by atoms with van der Waals surface area (Å²) < 4.78 is 5.29. The molecule has 2 aromatic rings. The van der Waals surface area contributed by atoms with Crippen molar-refractivity contribution in [2.24, 2.45) is 0 Å². The number of rotatable bonds is 12. The molecule has 2 N–H and O–H groups in total. The number of carboxylic acids is 1. The maximum Gasteiger partial charge on any atom is 0.311 e. The highest BCUT2D eigenvalue weighted by Gasteiger charge is 2.21. The molecular formula is C24H31N3O4. The predicted octanol–water partition coefficient (Wildman–Crippen LogP) is 4.16. The van der Waals surface area contributed by atoms with Crippen LogP contribution in [0.15, 0.2) is 30.5 Å². The van der Waals surface area contributed by atoms with E-state index in [-0.39, 0.29) is 18.6 Å². The van der Waals surface area contributed by atoms with Crippen LogP contribution < -0.4 is 10.1 Å². The normalized spacial score (nSPS) is 13.7. The van der Waals surface area contributed by atoms with E-state index in [9.17, 15) is 14.7 Å². The molecule has 0 saturated heterocycles. The van der Waals surface area contributed by atoms with Gasteiger partial charge < -0.3 is 15.2 Å². The van der Waals surface area contributed by atoms with Crippen molar-refractivity contribution in [3.63, 3.8) is 0 Å². The predicted molar refractivity (Wildman–Crippen MR) is 119 cm³/mol. The Balaban J connectivity index is 1.40. The second-order valence-corrected chi connectivity index (χ2v) is 7.88. The maximum atomic E-state index is 12.3. The molecule has 1 aliphatic heterocycles. The van der Waals surface area contributed by atoms with Crippen LogP contribution >= 0.6 is 0 Å². The molecule has 0 unspecified atom stereocenters. The van der Waals surface area contributed by atoms with E-state index in [2.05, 4.69) is 27.4 Å². The highest BCUT2D eigenvalue weighted by molar-refractivity contribution is 5.80. The van der Waals surface area contributed by atoms with Gasteiger partial charge in [0.05, 0.1) is 12.5 Å². The first kappa shape index (κ1) is 22.7. The van der Waals surface area contributed by atoms with Gasteiger partial charge in [0, 0.05) is 37.3 Å². The Morgan fingerprint density at radius 1 is 1.19 bits per heavy atom. The third-order valence-electron chi connectivity index (χ3n) is 5.55. The molecule has 7 nitrogen and oxygen atoms in total. The van der Waals surface area contributed by atoms with Gasteiger partial charge in [0.25, 0.3) is 0 Å². The van der Waals surface area contributed by atoms with Gasteiger partial charge >= 0.3 is 5.97 Å². The fourth-order valence-electron chi connectivity index (χ4n) is 3.83. The molecule has 0 bridgehead atoms. The number of anilines is 1. The maximum absolute atomic E-state index is 12.3. The van der Waals surface area contributed by atoms with Crippen LogP contribution in [-0.4, -0.2) is 40.0 Å². The van der Waals surface area contributed by atoms with Crippen molar-refractivity contribution in [1.82, 2.24) is 9.97 Å². The average molecular weight is 426 g/mol. The van der Waals surface area contributed by atoms with Crippen LogP contribution in [0, 0.1) is 0 Å². The smallest absolute Gasteiger partial charge is 0.311 e. The van der Waals surface area contributed by atoms with Crippen LogP contribution in [0.3, 0.4) is 0 Å². The van der Waals surface area contributed by atoms with E-state index in [0.717, 1.165) is 50.2 Å². The molecule has 1 aliphatic rings. The molecule has 0 spiro atoms. The largest absolute Gasteiger partial charge is 0.481 e. The van der Waals surface area contributed by atoms with Crippen LogP contribution in [0.1, 0.15) is 68.2 Å². The second kappa shape index (κ2) is 11.4. The summed E-state index contributed by atoms with van der Waals surface area (Å²) in [7, 11) is 0. The Morgan fingerprint density at radius 3 is 2.81 bits per heavy atom. The van der Waals surface area contributed by atoms with Crippen molar-refractivity contribution >= 4 is 17.6 Å². The fraction of sp³-hybridized carbons (Fsp3) is 0.500. The molecule has 3 heterocycles. The molecule has 2 aromatic heterocycles. The SMILES string of the molecule is CCOc1ccc([C@H](CCC(=O)CCCCc2ccc3c(n2)NCCC3)C(=O)O)cn1. The zero-order chi connectivity index (χ0) is 22.1. The summed E-state index contributed by atoms with van der Waals surface area (Å²) in [6, 6.07) is 7.61. The van der Waals surface area contributed by atoms with Gasteiger partial charge in [0.2, 0.25) is 5.88 Å². The number of carbonyl (C=O) groups is 2. The Hall–Kier alpha value is -2.96. The molecular weight excluding hydrogens is 394 g/mol. The number of nitrogens with one attached hydrogen (secondary N) is 1. The van der Waals surface area contributed by atoms with Gasteiger partial charge in [-0.2, -0.15) is 0 Å². The van der Waals surface area contributed by atoms with E-state index < -0.39 is 11.9 Å². The van der Waals surface area contributed by atoms with Crippen molar-refractivity contribution in [1.29, 1.82) is 0 Å². The number of carboxylic acid groups (broad SMARTS) is 1. The molecule has 31 heavy (non-hydrogen) atoms. The van der Waals surface area contributed by atoms with E-state index in [1.165, 1.54) is 11.8 Å². The quantitative estimate of drug-likeness (QED) is 0.492. The Morgan fingerprint density at radius 2 is 2.06 bits per heavy atom. The highest BCUT2D eigenvalue weighted by Crippen LogP contribution is 2.24. The number of carbonyl (C=O) groups excluding carboxylic acids is 1. The minimum atomic E-state index is -0.939. The van der Waals surface area contributed by atoms with Crippen molar-refractivity contribution in [2.45, 2.75) is 64.2 Å². The minimum Gasteiger partial charge on any atom is -0.481 e. The van der Waals surface area contributed by atoms with Crippen LogP contribution in [0.5, 0.6) is 5.88 Å². The van der Waals surface area contributed by atoms with Gasteiger partial charge in [0.1, 0.15) is 11.6 Å². The molecule has 1 atom stereocenters. The zero-order valence-electron chi connectivity index (χ0n) is 18.1. The number of aliphatic carboxylic acids is 1. The van der Waals surface area contributed by atoms with Crippen molar-refractivity contribution < 1.29 is 19.4 Å². The molecule has 7 heteroatoms. The number of Topliss-reactive ketones (excluding diaryl/α,β-unsaturated/α-hetero) is 1. The number of aryl methyl sites for hydroxylation is 2. The van der Waals surface area contributed by atoms with E-state index in [4.69, 9.17) is 4.74 Å². The summed E-state index contributed by atoms with van der Waals surface area (Å²) in [4.78, 5) is 32.8. The first-order valence-electron chi connectivity index (χ1n) is 11.1. The van der Waals surface area contributed by atoms with Crippen molar-refractivity contribution in [3.05, 3.63) is 47.3 Å². The third-order valence-corrected chi connectivity index (χ3v) is 5.55. The zero-order valence-corrected chi connectivity index (χ0v) is 18.1. The molecule has 0 aliphatic carbocycles. The summed E-state index contributed by atoms with van der Waals surface area (Å²) in [6.45, 7) is 3.34. The Kier molecular flexibility index (Phi) is 8.38. The van der Waals surface area contributed by atoms with E-state index in [0.29, 0.717) is 24.5 Å². The van der Waals surface area contributed by atoms with E-state index in [1.807, 2.05) is 6.92 Å². The van der Waals surface area contributed by atoms with Gasteiger partial charge in [-0.3, -0.25) is 9.59 Å². The van der Waals surface area contributed by atoms with Crippen LogP contribution in [-0.2, 0) is 22.4 Å². The molecule has 0 saturated carbocycles. The van der Waals surface area contributed by atoms with Crippen LogP contribution in [0.25, 0.3) is 0 Å². The van der Waals surface area contributed by atoms with Gasteiger partial charge in [-0.15, -0.1) is 0 Å². The molecule has 0 radical (unpaired) electrons. The number of pyridine rings is 2. The molecule has 3 rings (SSSR count). The lowest BCUT2D eigenvalue weighted by Crippen LogP contribution is -2.14. The number of ketones is 1. The van der Waals surface area contributed by atoms with E-state index >= 15 is 0 Å². The monoisotopic (exact) mass is 425 g/mol. The number of aromatic nitrogens is 2. The number of fused-ring (bicyclic) bond motifs is 1. The lowest BCUT2D eigenvalue weighted by Gasteiger charge is -2.17. The number of unbranched alkanes of at least 4 members (excludes halogenated alkanes) is 1. The topological polar surface area (TPSA) is 101 Å². The lowest BCUT2D eigenvalue weighted by molar-refractivity contribution is -0.139. The van der Waals surface area contributed by atoms with Crippen LogP contribution in [0.4, 0.5) is 5.82 Å². The fourth-order valence-corrected chi connectivity index (χ4v) is 3.83. The van der Waals surface area contributed by atoms with Gasteiger partial charge in [0.15, 0.2) is 0 Å². The first-order valence-corrected chi connectivity index (χ1v) is 11.1. The van der Waals surface area contributed by atoms with Crippen molar-refractivity contribution in [2.75, 3.05) is 18.5 Å². The molecule has 0 aromatic carbocycles. The number of hydrogen-bond acceptors (Lipinski definition) is 6. The summed E-state index contributed by atoms with van der Waals surface area (Å²) in [5, 5.41) is 12.9. The van der Waals surface area contributed by atoms with Gasteiger partial charge in [-0.1, -0.05) is 12.1 Å². The number of nitrogens with zero attached hydrogens (tertiary/aromatic N) is 2. The summed E-state index contributed by atoms with van der Waals surface area (Å²) >= 11 is 0. The summed E-state index contributed by atoms with van der Waals surface area (Å²) in [5.41, 5.74) is 2.92. The van der Waals surface area contributed by atoms with Gasteiger partial charge in [-0.25, -0.2) is 9.97 Å². The molecule has 166 valence electrons.